The van der Waals surface area contributed by atoms with Gasteiger partial charge in [0.25, 0.3) is 0 Å². The van der Waals surface area contributed by atoms with E-state index in [4.69, 9.17) is 0 Å². The number of aromatic nitrogens is 3. The third-order valence-electron chi connectivity index (χ3n) is 3.88. The van der Waals surface area contributed by atoms with Gasteiger partial charge >= 0.3 is 0 Å². The number of nitrogens with one attached hydrogen (secondary N) is 1. The predicted molar refractivity (Wildman–Crippen MR) is 78.4 cm³/mol. The number of piperidine rings is 1. The van der Waals surface area contributed by atoms with Crippen LogP contribution >= 0.6 is 0 Å². The van der Waals surface area contributed by atoms with Crippen molar-refractivity contribution < 1.29 is 4.79 Å². The summed E-state index contributed by atoms with van der Waals surface area (Å²) >= 11 is 0. The van der Waals surface area contributed by atoms with Crippen LogP contribution < -0.4 is 5.32 Å². The molecule has 0 spiro atoms. The highest BCUT2D eigenvalue weighted by Gasteiger charge is 2.16. The Kier molecular flexibility index (Phi) is 5.71. The highest BCUT2D eigenvalue weighted by atomic mass is 16.1. The van der Waals surface area contributed by atoms with E-state index in [0.717, 1.165) is 31.9 Å². The van der Waals surface area contributed by atoms with E-state index in [2.05, 4.69) is 29.2 Å². The van der Waals surface area contributed by atoms with Gasteiger partial charge in [0.1, 0.15) is 17.9 Å². The van der Waals surface area contributed by atoms with E-state index < -0.39 is 0 Å². The van der Waals surface area contributed by atoms with Gasteiger partial charge in [-0.05, 0) is 44.2 Å². The van der Waals surface area contributed by atoms with E-state index in [1.807, 2.05) is 4.68 Å². The van der Waals surface area contributed by atoms with Crippen LogP contribution in [0.15, 0.2) is 6.33 Å². The molecule has 1 saturated heterocycles. The Morgan fingerprint density at radius 3 is 2.90 bits per heavy atom. The van der Waals surface area contributed by atoms with Crippen LogP contribution in [0.25, 0.3) is 0 Å². The molecule has 5 heteroatoms. The van der Waals surface area contributed by atoms with Crippen molar-refractivity contribution in [2.45, 2.75) is 52.5 Å². The van der Waals surface area contributed by atoms with Crippen molar-refractivity contribution >= 4 is 5.78 Å². The molecule has 1 aliphatic heterocycles. The summed E-state index contributed by atoms with van der Waals surface area (Å²) in [6, 6.07) is 0. The summed E-state index contributed by atoms with van der Waals surface area (Å²) in [5.74, 6) is 2.34. The fourth-order valence-corrected chi connectivity index (χ4v) is 2.72. The van der Waals surface area contributed by atoms with Gasteiger partial charge in [0.05, 0.1) is 6.42 Å². The van der Waals surface area contributed by atoms with Crippen molar-refractivity contribution in [1.29, 1.82) is 0 Å². The Labute approximate surface area is 121 Å². The molecule has 1 N–H and O–H groups in total. The maximum Gasteiger partial charge on any atom is 0.140 e. The zero-order valence-electron chi connectivity index (χ0n) is 12.6. The van der Waals surface area contributed by atoms with Crippen LogP contribution in [0.4, 0.5) is 0 Å². The number of carbonyl (C=O) groups excluding carboxylic acids is 1. The molecule has 0 aliphatic carbocycles. The second-order valence-electron chi connectivity index (χ2n) is 6.20. The second-order valence-corrected chi connectivity index (χ2v) is 6.20. The van der Waals surface area contributed by atoms with Crippen LogP contribution in [0, 0.1) is 11.8 Å². The van der Waals surface area contributed by atoms with Gasteiger partial charge in [0.15, 0.2) is 0 Å². The molecule has 1 aliphatic rings. The lowest BCUT2D eigenvalue weighted by Gasteiger charge is -2.22. The summed E-state index contributed by atoms with van der Waals surface area (Å²) < 4.78 is 1.87. The highest BCUT2D eigenvalue weighted by molar-refractivity contribution is 5.80. The first-order valence-electron chi connectivity index (χ1n) is 7.74. The number of rotatable bonds is 7. The van der Waals surface area contributed by atoms with Gasteiger partial charge in [-0.25, -0.2) is 9.67 Å². The van der Waals surface area contributed by atoms with E-state index >= 15 is 0 Å². The molecular formula is C15H26N4O. The number of carbonyl (C=O) groups is 1. The van der Waals surface area contributed by atoms with Crippen LogP contribution in [0.5, 0.6) is 0 Å². The molecule has 0 saturated carbocycles. The van der Waals surface area contributed by atoms with E-state index in [1.54, 1.807) is 6.33 Å². The molecule has 112 valence electrons. The zero-order valence-corrected chi connectivity index (χ0v) is 12.6. The maximum atomic E-state index is 12.1. The smallest absolute Gasteiger partial charge is 0.140 e. The van der Waals surface area contributed by atoms with E-state index in [1.165, 1.54) is 12.8 Å². The summed E-state index contributed by atoms with van der Waals surface area (Å²) in [6.07, 6.45) is 6.10. The minimum Gasteiger partial charge on any atom is -0.317 e. The van der Waals surface area contributed by atoms with Crippen LogP contribution in [0.3, 0.4) is 0 Å². The number of ketones is 1. The third kappa shape index (κ3) is 4.71. The van der Waals surface area contributed by atoms with Crippen LogP contribution in [0.2, 0.25) is 0 Å². The fraction of sp³-hybridized carbons (Fsp3) is 0.800. The quantitative estimate of drug-likeness (QED) is 0.826. The highest BCUT2D eigenvalue weighted by Crippen LogP contribution is 2.18. The van der Waals surface area contributed by atoms with Crippen molar-refractivity contribution in [1.82, 2.24) is 20.1 Å². The Bertz CT molecular complexity index is 421. The van der Waals surface area contributed by atoms with Gasteiger partial charge in [-0.15, -0.1) is 0 Å². The van der Waals surface area contributed by atoms with Gasteiger partial charge in [-0.2, -0.15) is 5.10 Å². The van der Waals surface area contributed by atoms with E-state index in [-0.39, 0.29) is 0 Å². The van der Waals surface area contributed by atoms with Crippen molar-refractivity contribution in [3.8, 4) is 0 Å². The maximum absolute atomic E-state index is 12.1. The van der Waals surface area contributed by atoms with Gasteiger partial charge in [-0.1, -0.05) is 13.8 Å². The van der Waals surface area contributed by atoms with E-state index in [0.29, 0.717) is 30.5 Å². The third-order valence-corrected chi connectivity index (χ3v) is 3.88. The first kappa shape index (κ1) is 15.2. The number of Topliss-reactive ketones (excluding diaryl/α,β-unsaturated/α-hetero) is 1. The molecule has 0 radical (unpaired) electrons. The molecule has 0 unspecified atom stereocenters. The number of hydrogen-bond acceptors (Lipinski definition) is 4. The monoisotopic (exact) mass is 278 g/mol. The van der Waals surface area contributed by atoms with Crippen molar-refractivity contribution in [2.75, 3.05) is 13.1 Å². The first-order chi connectivity index (χ1) is 9.65. The van der Waals surface area contributed by atoms with Crippen LogP contribution in [-0.2, 0) is 17.8 Å². The lowest BCUT2D eigenvalue weighted by molar-refractivity contribution is -0.118. The molecule has 0 amide bonds. The lowest BCUT2D eigenvalue weighted by atomic mass is 9.92. The predicted octanol–water partition coefficient (Wildman–Crippen LogP) is 1.83. The fourth-order valence-electron chi connectivity index (χ4n) is 2.72. The second kappa shape index (κ2) is 7.53. The summed E-state index contributed by atoms with van der Waals surface area (Å²) in [5, 5.41) is 7.56. The average Bonchev–Trinajstić information content (AvgIpc) is 2.84. The molecule has 1 aromatic heterocycles. The van der Waals surface area contributed by atoms with Crippen molar-refractivity contribution in [3.63, 3.8) is 0 Å². The largest absolute Gasteiger partial charge is 0.317 e. The minimum atomic E-state index is 0.293. The summed E-state index contributed by atoms with van der Waals surface area (Å²) in [7, 11) is 0. The summed E-state index contributed by atoms with van der Waals surface area (Å²) in [4.78, 5) is 16.3. The molecule has 0 aromatic carbocycles. The molecule has 2 rings (SSSR count). The van der Waals surface area contributed by atoms with E-state index in [9.17, 15) is 4.79 Å². The minimum absolute atomic E-state index is 0.293. The average molecular weight is 278 g/mol. The van der Waals surface area contributed by atoms with Gasteiger partial charge in [0.2, 0.25) is 0 Å². The Balaban J connectivity index is 1.77. The topological polar surface area (TPSA) is 59.8 Å². The van der Waals surface area contributed by atoms with Crippen molar-refractivity contribution in [2.24, 2.45) is 11.8 Å². The first-order valence-corrected chi connectivity index (χ1v) is 7.74. The molecule has 5 nitrogen and oxygen atoms in total. The zero-order chi connectivity index (χ0) is 14.4. The van der Waals surface area contributed by atoms with Gasteiger partial charge < -0.3 is 5.32 Å². The SMILES string of the molecule is CC(C)Cn1ncnc1CC(=O)CCC1CCNCC1. The Hall–Kier alpha value is -1.23. The lowest BCUT2D eigenvalue weighted by Crippen LogP contribution is -2.28. The normalized spacial score (nSPS) is 16.8. The molecule has 2 heterocycles. The van der Waals surface area contributed by atoms with Gasteiger partial charge in [0, 0.05) is 13.0 Å². The Morgan fingerprint density at radius 1 is 1.45 bits per heavy atom. The number of hydrogen-bond donors (Lipinski definition) is 1. The molecule has 1 fully saturated rings. The number of nitrogens with zero attached hydrogens (tertiary/aromatic N) is 3. The standard InChI is InChI=1S/C15H26N4O/c1-12(2)10-19-15(17-11-18-19)9-14(20)4-3-13-5-7-16-8-6-13/h11-13,16H,3-10H2,1-2H3. The summed E-state index contributed by atoms with van der Waals surface area (Å²) in [5.41, 5.74) is 0. The molecule has 20 heavy (non-hydrogen) atoms. The van der Waals surface area contributed by atoms with Crippen molar-refractivity contribution in [3.05, 3.63) is 12.2 Å². The molecule has 0 atom stereocenters. The molecule has 1 aromatic rings. The molecular weight excluding hydrogens is 252 g/mol. The van der Waals surface area contributed by atoms with Crippen LogP contribution in [0.1, 0.15) is 45.4 Å². The Morgan fingerprint density at radius 2 is 2.20 bits per heavy atom. The molecule has 0 bridgehead atoms. The van der Waals surface area contributed by atoms with Crippen LogP contribution in [-0.4, -0.2) is 33.6 Å². The van der Waals surface area contributed by atoms with Gasteiger partial charge in [-0.3, -0.25) is 4.79 Å². The summed E-state index contributed by atoms with van der Waals surface area (Å²) in [6.45, 7) is 7.31.